The van der Waals surface area contributed by atoms with Gasteiger partial charge in [0.25, 0.3) is 0 Å². The molecular weight excluding hydrogens is 370 g/mol. The normalized spacial score (nSPS) is 18.9. The number of amides is 2. The number of carbonyl (C=O) groups excluding carboxylic acids is 1. The minimum Gasteiger partial charge on any atom is -0.487 e. The molecule has 1 unspecified atom stereocenters. The smallest absolute Gasteiger partial charge is 0.317 e. The Hall–Kier alpha value is -2.61. The van der Waals surface area contributed by atoms with Gasteiger partial charge in [0.1, 0.15) is 18.1 Å². The third kappa shape index (κ3) is 4.37. The summed E-state index contributed by atoms with van der Waals surface area (Å²) in [6.45, 7) is 6.99. The summed E-state index contributed by atoms with van der Waals surface area (Å²) in [5.41, 5.74) is 1.52. The molecule has 0 aliphatic carbocycles. The zero-order chi connectivity index (χ0) is 20.3. The molecular formula is C21H29N5O3. The van der Waals surface area contributed by atoms with Gasteiger partial charge in [-0.25, -0.2) is 9.48 Å². The molecule has 8 nitrogen and oxygen atoms in total. The first-order valence-corrected chi connectivity index (χ1v) is 10.4. The van der Waals surface area contributed by atoms with Crippen molar-refractivity contribution in [1.29, 1.82) is 0 Å². The summed E-state index contributed by atoms with van der Waals surface area (Å²) in [5.74, 6) is 0.811. The van der Waals surface area contributed by atoms with E-state index in [2.05, 4.69) is 22.6 Å². The maximum atomic E-state index is 12.4. The molecule has 0 saturated carbocycles. The average Bonchev–Trinajstić information content (AvgIpc) is 3.15. The van der Waals surface area contributed by atoms with Crippen LogP contribution in [-0.2, 0) is 24.5 Å². The number of benzene rings is 1. The highest BCUT2D eigenvalue weighted by molar-refractivity contribution is 5.74. The predicted octanol–water partition coefficient (Wildman–Crippen LogP) is 2.73. The summed E-state index contributed by atoms with van der Waals surface area (Å²) in [5, 5.41) is 11.7. The topological polar surface area (TPSA) is 81.5 Å². The van der Waals surface area contributed by atoms with Crippen LogP contribution in [0.1, 0.15) is 44.5 Å². The Morgan fingerprint density at radius 3 is 2.79 bits per heavy atom. The first-order valence-electron chi connectivity index (χ1n) is 10.4. The summed E-state index contributed by atoms with van der Waals surface area (Å²) in [6, 6.07) is 9.90. The van der Waals surface area contributed by atoms with Crippen molar-refractivity contribution >= 4 is 6.03 Å². The standard InChI is InChI=1S/C21H29N5O3/c1-3-16(2)22-20(27)25-11-9-21(10-12-25)15-26-19(14-29-21)18(23-24-26)13-28-17-7-5-4-6-8-17/h4-8,16H,3,9-15H2,1-2H3,(H,22,27). The van der Waals surface area contributed by atoms with Crippen LogP contribution in [-0.4, -0.2) is 50.7 Å². The second-order valence-electron chi connectivity index (χ2n) is 7.96. The fourth-order valence-electron chi connectivity index (χ4n) is 3.80. The lowest BCUT2D eigenvalue weighted by atomic mass is 9.90. The number of nitrogens with zero attached hydrogens (tertiary/aromatic N) is 4. The van der Waals surface area contributed by atoms with Crippen LogP contribution < -0.4 is 10.1 Å². The minimum absolute atomic E-state index is 0.0202. The molecule has 0 bridgehead atoms. The van der Waals surface area contributed by atoms with Gasteiger partial charge in [-0.15, -0.1) is 5.10 Å². The number of hydrogen-bond acceptors (Lipinski definition) is 5. The Kier molecular flexibility index (Phi) is 5.71. The lowest BCUT2D eigenvalue weighted by molar-refractivity contribution is -0.119. The number of hydrogen-bond donors (Lipinski definition) is 1. The molecule has 29 heavy (non-hydrogen) atoms. The van der Waals surface area contributed by atoms with Crippen molar-refractivity contribution in [2.45, 2.75) is 64.5 Å². The lowest BCUT2D eigenvalue weighted by Crippen LogP contribution is -2.54. The minimum atomic E-state index is -0.272. The van der Waals surface area contributed by atoms with Crippen LogP contribution in [0.2, 0.25) is 0 Å². The molecule has 0 radical (unpaired) electrons. The van der Waals surface area contributed by atoms with Crippen molar-refractivity contribution in [1.82, 2.24) is 25.2 Å². The molecule has 2 amide bonds. The van der Waals surface area contributed by atoms with Gasteiger partial charge in [0.05, 0.1) is 24.4 Å². The van der Waals surface area contributed by atoms with Gasteiger partial charge in [-0.3, -0.25) is 0 Å². The first kappa shape index (κ1) is 19.7. The van der Waals surface area contributed by atoms with Gasteiger partial charge in [0, 0.05) is 19.1 Å². The van der Waals surface area contributed by atoms with Gasteiger partial charge < -0.3 is 19.7 Å². The molecule has 1 aromatic carbocycles. The number of nitrogens with one attached hydrogen (secondary N) is 1. The molecule has 1 saturated heterocycles. The third-order valence-corrected chi connectivity index (χ3v) is 5.93. The maximum absolute atomic E-state index is 12.4. The average molecular weight is 399 g/mol. The third-order valence-electron chi connectivity index (χ3n) is 5.93. The zero-order valence-electron chi connectivity index (χ0n) is 17.1. The molecule has 1 atom stereocenters. The highest BCUT2D eigenvalue weighted by atomic mass is 16.5. The fourth-order valence-corrected chi connectivity index (χ4v) is 3.80. The molecule has 3 heterocycles. The second-order valence-corrected chi connectivity index (χ2v) is 7.96. The molecule has 2 aliphatic heterocycles. The van der Waals surface area contributed by atoms with Crippen molar-refractivity contribution in [3.8, 4) is 5.75 Å². The fraction of sp³-hybridized carbons (Fsp3) is 0.571. The number of ether oxygens (including phenoxy) is 2. The van der Waals surface area contributed by atoms with Crippen LogP contribution >= 0.6 is 0 Å². The van der Waals surface area contributed by atoms with Gasteiger partial charge in [-0.2, -0.15) is 0 Å². The molecule has 156 valence electrons. The van der Waals surface area contributed by atoms with E-state index in [0.29, 0.717) is 32.8 Å². The van der Waals surface area contributed by atoms with E-state index in [9.17, 15) is 4.79 Å². The largest absolute Gasteiger partial charge is 0.487 e. The van der Waals surface area contributed by atoms with Crippen LogP contribution in [0.15, 0.2) is 30.3 Å². The van der Waals surface area contributed by atoms with Crippen molar-refractivity contribution in [2.75, 3.05) is 13.1 Å². The van der Waals surface area contributed by atoms with Crippen LogP contribution in [0.25, 0.3) is 0 Å². The lowest BCUT2D eigenvalue weighted by Gasteiger charge is -2.43. The molecule has 1 fully saturated rings. The van der Waals surface area contributed by atoms with Crippen molar-refractivity contribution in [2.24, 2.45) is 0 Å². The molecule has 8 heteroatoms. The van der Waals surface area contributed by atoms with E-state index in [4.69, 9.17) is 9.47 Å². The molecule has 2 aliphatic rings. The number of piperidine rings is 1. The number of likely N-dealkylation sites (tertiary alicyclic amines) is 1. The summed E-state index contributed by atoms with van der Waals surface area (Å²) in [4.78, 5) is 14.2. The Morgan fingerprint density at radius 2 is 2.07 bits per heavy atom. The highest BCUT2D eigenvalue weighted by Gasteiger charge is 2.41. The van der Waals surface area contributed by atoms with E-state index < -0.39 is 0 Å². The van der Waals surface area contributed by atoms with Crippen LogP contribution in [0.4, 0.5) is 4.79 Å². The van der Waals surface area contributed by atoms with E-state index in [0.717, 1.165) is 36.4 Å². The quantitative estimate of drug-likeness (QED) is 0.836. The summed E-state index contributed by atoms with van der Waals surface area (Å²) in [7, 11) is 0. The van der Waals surface area contributed by atoms with Gasteiger partial charge in [0.15, 0.2) is 0 Å². The Bertz CT molecular complexity index is 830. The van der Waals surface area contributed by atoms with Crippen molar-refractivity contribution < 1.29 is 14.3 Å². The Labute approximate surface area is 171 Å². The SMILES string of the molecule is CCC(C)NC(=O)N1CCC2(CC1)Cn1nnc(COc3ccccc3)c1CO2. The summed E-state index contributed by atoms with van der Waals surface area (Å²) in [6.07, 6.45) is 2.53. The molecule has 1 N–H and O–H groups in total. The number of rotatable bonds is 5. The van der Waals surface area contributed by atoms with Crippen LogP contribution in [0.5, 0.6) is 5.75 Å². The Balaban J connectivity index is 1.34. The van der Waals surface area contributed by atoms with E-state index >= 15 is 0 Å². The highest BCUT2D eigenvalue weighted by Crippen LogP contribution is 2.33. The monoisotopic (exact) mass is 399 g/mol. The number of aromatic nitrogens is 3. The molecule has 4 rings (SSSR count). The number of para-hydroxylation sites is 1. The van der Waals surface area contributed by atoms with Crippen molar-refractivity contribution in [3.63, 3.8) is 0 Å². The second kappa shape index (κ2) is 8.41. The van der Waals surface area contributed by atoms with E-state index in [1.54, 1.807) is 0 Å². The zero-order valence-corrected chi connectivity index (χ0v) is 17.1. The maximum Gasteiger partial charge on any atom is 0.317 e. The van der Waals surface area contributed by atoms with E-state index in [-0.39, 0.29) is 17.7 Å². The molecule has 2 aromatic rings. The number of urea groups is 1. The number of fused-ring (bicyclic) bond motifs is 1. The first-order chi connectivity index (χ1) is 14.1. The van der Waals surface area contributed by atoms with Crippen LogP contribution in [0, 0.1) is 0 Å². The number of carbonyl (C=O) groups is 1. The van der Waals surface area contributed by atoms with Gasteiger partial charge >= 0.3 is 6.03 Å². The van der Waals surface area contributed by atoms with Crippen LogP contribution in [0.3, 0.4) is 0 Å². The van der Waals surface area contributed by atoms with Crippen molar-refractivity contribution in [3.05, 3.63) is 41.7 Å². The Morgan fingerprint density at radius 1 is 1.31 bits per heavy atom. The van der Waals surface area contributed by atoms with Gasteiger partial charge in [-0.1, -0.05) is 30.3 Å². The summed E-state index contributed by atoms with van der Waals surface area (Å²) < 4.78 is 14.1. The van der Waals surface area contributed by atoms with E-state index in [1.165, 1.54) is 0 Å². The van der Waals surface area contributed by atoms with Gasteiger partial charge in [-0.05, 0) is 38.3 Å². The van der Waals surface area contributed by atoms with Gasteiger partial charge in [0.2, 0.25) is 0 Å². The summed E-state index contributed by atoms with van der Waals surface area (Å²) >= 11 is 0. The molecule has 1 aromatic heterocycles. The molecule has 1 spiro atoms. The van der Waals surface area contributed by atoms with E-state index in [1.807, 2.05) is 46.8 Å². The predicted molar refractivity (Wildman–Crippen MR) is 107 cm³/mol.